The van der Waals surface area contributed by atoms with Gasteiger partial charge >= 0.3 is 0 Å². The molecule has 1 N–H and O–H groups in total. The Morgan fingerprint density at radius 2 is 2.06 bits per heavy atom. The number of anilines is 1. The third-order valence-corrected chi connectivity index (χ3v) is 4.78. The molecule has 1 atom stereocenters. The Morgan fingerprint density at radius 1 is 1.29 bits per heavy atom. The molecule has 1 unspecified atom stereocenters. The van der Waals surface area contributed by atoms with Crippen LogP contribution in [0, 0.1) is 19.8 Å². The summed E-state index contributed by atoms with van der Waals surface area (Å²) in [5.74, 6) is 0.554. The minimum Gasteiger partial charge on any atom is -0.354 e. The van der Waals surface area contributed by atoms with Gasteiger partial charge in [0.1, 0.15) is 0 Å². The van der Waals surface area contributed by atoms with Crippen LogP contribution in [0.15, 0.2) is 17.5 Å². The third kappa shape index (κ3) is 2.87. The molecule has 0 saturated carbocycles. The molecular formula is C13H18N2S2. The van der Waals surface area contributed by atoms with Crippen LogP contribution in [0.1, 0.15) is 35.3 Å². The van der Waals surface area contributed by atoms with E-state index in [4.69, 9.17) is 0 Å². The van der Waals surface area contributed by atoms with Crippen LogP contribution in [0.3, 0.4) is 0 Å². The lowest BCUT2D eigenvalue weighted by atomic mass is 10.0. The number of rotatable bonds is 4. The average Bonchev–Trinajstić information content (AvgIpc) is 2.86. The van der Waals surface area contributed by atoms with E-state index in [1.165, 1.54) is 9.75 Å². The molecule has 0 spiro atoms. The number of thiazole rings is 1. The highest BCUT2D eigenvalue weighted by atomic mass is 32.1. The summed E-state index contributed by atoms with van der Waals surface area (Å²) >= 11 is 3.54. The molecule has 92 valence electrons. The van der Waals surface area contributed by atoms with Gasteiger partial charge in [0.15, 0.2) is 5.13 Å². The summed E-state index contributed by atoms with van der Waals surface area (Å²) in [5, 5.41) is 6.72. The second-order valence-corrected chi connectivity index (χ2v) is 6.72. The largest absolute Gasteiger partial charge is 0.354 e. The maximum Gasteiger partial charge on any atom is 0.183 e. The Bertz CT molecular complexity index is 452. The van der Waals surface area contributed by atoms with E-state index >= 15 is 0 Å². The lowest BCUT2D eigenvalue weighted by molar-refractivity contribution is 0.553. The van der Waals surface area contributed by atoms with E-state index in [1.807, 2.05) is 0 Å². The summed E-state index contributed by atoms with van der Waals surface area (Å²) in [7, 11) is 0. The van der Waals surface area contributed by atoms with Gasteiger partial charge < -0.3 is 5.32 Å². The van der Waals surface area contributed by atoms with Crippen LogP contribution in [0.2, 0.25) is 0 Å². The molecule has 2 aromatic rings. The Balaban J connectivity index is 2.19. The van der Waals surface area contributed by atoms with Crippen molar-refractivity contribution in [1.82, 2.24) is 4.98 Å². The molecule has 0 bridgehead atoms. The molecular weight excluding hydrogens is 248 g/mol. The van der Waals surface area contributed by atoms with E-state index in [9.17, 15) is 0 Å². The first-order valence-corrected chi connectivity index (χ1v) is 7.51. The van der Waals surface area contributed by atoms with E-state index in [0.29, 0.717) is 12.0 Å². The van der Waals surface area contributed by atoms with Gasteiger partial charge in [-0.05, 0) is 31.2 Å². The van der Waals surface area contributed by atoms with Crippen molar-refractivity contribution in [2.24, 2.45) is 5.92 Å². The monoisotopic (exact) mass is 266 g/mol. The lowest BCUT2D eigenvalue weighted by Gasteiger charge is -2.20. The fourth-order valence-corrected chi connectivity index (χ4v) is 3.50. The molecule has 0 aliphatic heterocycles. The topological polar surface area (TPSA) is 24.9 Å². The summed E-state index contributed by atoms with van der Waals surface area (Å²) in [5.41, 5.74) is 1.13. The average molecular weight is 266 g/mol. The SMILES string of the molecule is Cc1nc(NC(c2cccs2)C(C)C)sc1C. The maximum atomic E-state index is 4.55. The first kappa shape index (κ1) is 12.6. The Kier molecular flexibility index (Phi) is 3.84. The van der Waals surface area contributed by atoms with Gasteiger partial charge in [0.2, 0.25) is 0 Å². The van der Waals surface area contributed by atoms with Gasteiger partial charge in [-0.1, -0.05) is 19.9 Å². The van der Waals surface area contributed by atoms with Crippen LogP contribution in [0.25, 0.3) is 0 Å². The molecule has 0 fully saturated rings. The summed E-state index contributed by atoms with van der Waals surface area (Å²) in [6.45, 7) is 8.66. The van der Waals surface area contributed by atoms with Gasteiger partial charge in [-0.2, -0.15) is 0 Å². The zero-order chi connectivity index (χ0) is 12.4. The second-order valence-electron chi connectivity index (χ2n) is 4.54. The molecule has 2 heterocycles. The predicted molar refractivity (Wildman–Crippen MR) is 77.1 cm³/mol. The molecule has 17 heavy (non-hydrogen) atoms. The molecule has 0 aliphatic rings. The Hall–Kier alpha value is -0.870. The van der Waals surface area contributed by atoms with Crippen LogP contribution in [0.5, 0.6) is 0 Å². The number of nitrogens with one attached hydrogen (secondary N) is 1. The fourth-order valence-electron chi connectivity index (χ4n) is 1.70. The van der Waals surface area contributed by atoms with E-state index in [-0.39, 0.29) is 0 Å². The highest BCUT2D eigenvalue weighted by Gasteiger charge is 2.18. The van der Waals surface area contributed by atoms with Crippen molar-refractivity contribution in [3.05, 3.63) is 33.0 Å². The highest BCUT2D eigenvalue weighted by Crippen LogP contribution is 2.32. The Morgan fingerprint density at radius 3 is 2.53 bits per heavy atom. The number of hydrogen-bond acceptors (Lipinski definition) is 4. The van der Waals surface area contributed by atoms with E-state index in [0.717, 1.165) is 10.8 Å². The third-order valence-electron chi connectivity index (χ3n) is 2.82. The smallest absolute Gasteiger partial charge is 0.183 e. The summed E-state index contributed by atoms with van der Waals surface area (Å²) < 4.78 is 0. The van der Waals surface area contributed by atoms with Gasteiger partial charge in [-0.3, -0.25) is 0 Å². The zero-order valence-electron chi connectivity index (χ0n) is 10.7. The number of thiophene rings is 1. The normalized spacial score (nSPS) is 13.0. The summed E-state index contributed by atoms with van der Waals surface area (Å²) in [6.07, 6.45) is 0. The van der Waals surface area contributed by atoms with Crippen LogP contribution < -0.4 is 5.32 Å². The maximum absolute atomic E-state index is 4.55. The van der Waals surface area contributed by atoms with Crippen molar-refractivity contribution in [3.63, 3.8) is 0 Å². The molecule has 2 aromatic heterocycles. The number of hydrogen-bond donors (Lipinski definition) is 1. The van der Waals surface area contributed by atoms with E-state index in [1.54, 1.807) is 22.7 Å². The summed E-state index contributed by atoms with van der Waals surface area (Å²) in [6, 6.07) is 4.66. The number of aromatic nitrogens is 1. The second kappa shape index (κ2) is 5.19. The Labute approximate surface area is 111 Å². The minimum absolute atomic E-state index is 0.361. The fraction of sp³-hybridized carbons (Fsp3) is 0.462. The molecule has 0 radical (unpaired) electrons. The van der Waals surface area contributed by atoms with E-state index < -0.39 is 0 Å². The quantitative estimate of drug-likeness (QED) is 0.872. The number of nitrogens with zero attached hydrogens (tertiary/aromatic N) is 1. The van der Waals surface area contributed by atoms with Gasteiger partial charge in [0.25, 0.3) is 0 Å². The van der Waals surface area contributed by atoms with Crippen molar-refractivity contribution in [3.8, 4) is 0 Å². The van der Waals surface area contributed by atoms with E-state index in [2.05, 4.69) is 55.5 Å². The first-order valence-electron chi connectivity index (χ1n) is 5.82. The van der Waals surface area contributed by atoms with Crippen LogP contribution in [0.4, 0.5) is 5.13 Å². The predicted octanol–water partition coefficient (Wildman–Crippen LogP) is 4.63. The van der Waals surface area contributed by atoms with Gasteiger partial charge in [-0.25, -0.2) is 4.98 Å². The minimum atomic E-state index is 0.361. The van der Waals surface area contributed by atoms with Crippen molar-refractivity contribution < 1.29 is 0 Å². The molecule has 2 nitrogen and oxygen atoms in total. The first-order chi connectivity index (χ1) is 8.08. The number of aryl methyl sites for hydroxylation is 2. The summed E-state index contributed by atoms with van der Waals surface area (Å²) in [4.78, 5) is 7.23. The molecule has 2 rings (SSSR count). The lowest BCUT2D eigenvalue weighted by Crippen LogP contribution is -2.15. The van der Waals surface area contributed by atoms with Gasteiger partial charge in [-0.15, -0.1) is 22.7 Å². The van der Waals surface area contributed by atoms with Crippen molar-refractivity contribution >= 4 is 27.8 Å². The van der Waals surface area contributed by atoms with Crippen molar-refractivity contribution in [2.45, 2.75) is 33.7 Å². The van der Waals surface area contributed by atoms with Crippen molar-refractivity contribution in [2.75, 3.05) is 5.32 Å². The zero-order valence-corrected chi connectivity index (χ0v) is 12.3. The molecule has 0 amide bonds. The van der Waals surface area contributed by atoms with Crippen LogP contribution in [-0.4, -0.2) is 4.98 Å². The van der Waals surface area contributed by atoms with Crippen molar-refractivity contribution in [1.29, 1.82) is 0 Å². The van der Waals surface area contributed by atoms with Crippen LogP contribution in [-0.2, 0) is 0 Å². The highest BCUT2D eigenvalue weighted by molar-refractivity contribution is 7.15. The van der Waals surface area contributed by atoms with Crippen LogP contribution >= 0.6 is 22.7 Å². The van der Waals surface area contributed by atoms with Gasteiger partial charge in [0.05, 0.1) is 11.7 Å². The van der Waals surface area contributed by atoms with Gasteiger partial charge in [0, 0.05) is 9.75 Å². The molecule has 0 aromatic carbocycles. The molecule has 0 saturated heterocycles. The molecule has 0 aliphatic carbocycles. The molecule has 4 heteroatoms. The standard InChI is InChI=1S/C13H18N2S2/c1-8(2)12(11-6-5-7-16-11)15-13-14-9(3)10(4)17-13/h5-8,12H,1-4H3,(H,14,15).